The fourth-order valence-corrected chi connectivity index (χ4v) is 4.03. The molecule has 3 aromatic carbocycles. The third-order valence-corrected chi connectivity index (χ3v) is 5.50. The van der Waals surface area contributed by atoms with E-state index in [9.17, 15) is 9.90 Å². The molecule has 0 aliphatic carbocycles. The van der Waals surface area contributed by atoms with Crippen molar-refractivity contribution in [3.63, 3.8) is 0 Å². The summed E-state index contributed by atoms with van der Waals surface area (Å²) in [5, 5.41) is 14.3. The molecule has 7 nitrogen and oxygen atoms in total. The predicted octanol–water partition coefficient (Wildman–Crippen LogP) is 3.00. The highest BCUT2D eigenvalue weighted by Crippen LogP contribution is 2.48. The Labute approximate surface area is 165 Å². The molecule has 0 saturated carbocycles. The second kappa shape index (κ2) is 5.65. The molecular formula is C22H15NO6. The standard InChI is InChI=1S/C22H15NO6/c24-21-22(25,13-5-7-17-19(9-13)29-11-27-17)15-3-1-2-14(20(15)23-21)12-4-6-16-18(8-12)28-10-26-16/h1-9,25H,10-11H2,(H,23,24). The van der Waals surface area contributed by atoms with Gasteiger partial charge in [-0.3, -0.25) is 4.79 Å². The van der Waals surface area contributed by atoms with Gasteiger partial charge in [0.25, 0.3) is 5.91 Å². The van der Waals surface area contributed by atoms with Crippen molar-refractivity contribution in [3.05, 3.63) is 65.7 Å². The van der Waals surface area contributed by atoms with Gasteiger partial charge in [0.2, 0.25) is 13.6 Å². The zero-order valence-electron chi connectivity index (χ0n) is 15.1. The molecule has 3 heterocycles. The number of aliphatic hydroxyl groups is 1. The number of carbonyl (C=O) groups is 1. The van der Waals surface area contributed by atoms with Crippen molar-refractivity contribution in [2.75, 3.05) is 18.9 Å². The minimum absolute atomic E-state index is 0.119. The van der Waals surface area contributed by atoms with Gasteiger partial charge in [0.15, 0.2) is 28.6 Å². The second-order valence-electron chi connectivity index (χ2n) is 7.03. The zero-order valence-corrected chi connectivity index (χ0v) is 15.1. The highest BCUT2D eigenvalue weighted by Gasteiger charge is 2.48. The molecule has 144 valence electrons. The van der Waals surface area contributed by atoms with Gasteiger partial charge < -0.3 is 29.4 Å². The zero-order chi connectivity index (χ0) is 19.6. The Balaban J connectivity index is 1.50. The van der Waals surface area contributed by atoms with Crippen molar-refractivity contribution >= 4 is 11.6 Å². The lowest BCUT2D eigenvalue weighted by molar-refractivity contribution is -0.129. The number of benzene rings is 3. The summed E-state index contributed by atoms with van der Waals surface area (Å²) in [5.74, 6) is 1.91. The first-order valence-corrected chi connectivity index (χ1v) is 9.12. The average Bonchev–Trinajstić information content (AvgIpc) is 3.45. The Morgan fingerprint density at radius 1 is 0.828 bits per heavy atom. The first kappa shape index (κ1) is 16.3. The number of anilines is 1. The highest BCUT2D eigenvalue weighted by atomic mass is 16.7. The number of ether oxygens (including phenoxy) is 4. The van der Waals surface area contributed by atoms with Gasteiger partial charge in [-0.25, -0.2) is 0 Å². The molecule has 29 heavy (non-hydrogen) atoms. The molecule has 7 heteroatoms. The van der Waals surface area contributed by atoms with Crippen LogP contribution in [-0.2, 0) is 10.4 Å². The van der Waals surface area contributed by atoms with Gasteiger partial charge in [-0.1, -0.05) is 30.3 Å². The molecule has 1 atom stereocenters. The van der Waals surface area contributed by atoms with E-state index in [0.717, 1.165) is 11.1 Å². The summed E-state index contributed by atoms with van der Waals surface area (Å²) in [7, 11) is 0. The van der Waals surface area contributed by atoms with Gasteiger partial charge in [0, 0.05) is 16.7 Å². The molecule has 0 fully saturated rings. The van der Waals surface area contributed by atoms with Crippen LogP contribution in [0.3, 0.4) is 0 Å². The van der Waals surface area contributed by atoms with E-state index < -0.39 is 11.5 Å². The van der Waals surface area contributed by atoms with Gasteiger partial charge in [0.1, 0.15) is 0 Å². The monoisotopic (exact) mass is 389 g/mol. The molecule has 0 bridgehead atoms. The first-order valence-electron chi connectivity index (χ1n) is 9.12. The number of carbonyl (C=O) groups excluding carboxylic acids is 1. The first-order chi connectivity index (χ1) is 14.1. The van der Waals surface area contributed by atoms with Crippen LogP contribution in [0.2, 0.25) is 0 Å². The quantitative estimate of drug-likeness (QED) is 0.701. The molecule has 1 unspecified atom stereocenters. The summed E-state index contributed by atoms with van der Waals surface area (Å²) in [4.78, 5) is 12.9. The summed E-state index contributed by atoms with van der Waals surface area (Å²) in [5.41, 5.74) is 1.27. The fourth-order valence-electron chi connectivity index (χ4n) is 4.03. The summed E-state index contributed by atoms with van der Waals surface area (Å²) in [6.45, 7) is 0.306. The van der Waals surface area contributed by atoms with E-state index in [1.54, 1.807) is 24.3 Å². The molecule has 2 N–H and O–H groups in total. The maximum absolute atomic E-state index is 12.9. The molecule has 3 aliphatic rings. The highest BCUT2D eigenvalue weighted by molar-refractivity contribution is 6.10. The Morgan fingerprint density at radius 2 is 1.52 bits per heavy atom. The van der Waals surface area contributed by atoms with E-state index >= 15 is 0 Å². The molecule has 1 amide bonds. The Kier molecular flexibility index (Phi) is 3.17. The smallest absolute Gasteiger partial charge is 0.265 e. The van der Waals surface area contributed by atoms with Crippen LogP contribution in [0.4, 0.5) is 5.69 Å². The summed E-state index contributed by atoms with van der Waals surface area (Å²) in [6, 6.07) is 16.1. The summed E-state index contributed by atoms with van der Waals surface area (Å²) < 4.78 is 21.6. The van der Waals surface area contributed by atoms with Crippen molar-refractivity contribution in [1.82, 2.24) is 0 Å². The lowest BCUT2D eigenvalue weighted by Gasteiger charge is -2.22. The third-order valence-electron chi connectivity index (χ3n) is 5.50. The van der Waals surface area contributed by atoms with Crippen LogP contribution in [0.5, 0.6) is 23.0 Å². The van der Waals surface area contributed by atoms with E-state index in [4.69, 9.17) is 18.9 Å². The van der Waals surface area contributed by atoms with Crippen molar-refractivity contribution < 1.29 is 28.8 Å². The molecule has 0 spiro atoms. The van der Waals surface area contributed by atoms with Crippen LogP contribution in [0.1, 0.15) is 11.1 Å². The van der Waals surface area contributed by atoms with Crippen LogP contribution >= 0.6 is 0 Å². The minimum Gasteiger partial charge on any atom is -0.454 e. The van der Waals surface area contributed by atoms with Crippen molar-refractivity contribution in [3.8, 4) is 34.1 Å². The SMILES string of the molecule is O=C1Nc2c(-c3ccc4c(c3)OCO4)cccc2C1(O)c1ccc2c(c1)OCO2. The van der Waals surface area contributed by atoms with Gasteiger partial charge in [-0.15, -0.1) is 0 Å². The van der Waals surface area contributed by atoms with Crippen LogP contribution < -0.4 is 24.3 Å². The largest absolute Gasteiger partial charge is 0.454 e. The molecule has 6 rings (SSSR count). The second-order valence-corrected chi connectivity index (χ2v) is 7.03. The predicted molar refractivity (Wildman–Crippen MR) is 102 cm³/mol. The lowest BCUT2D eigenvalue weighted by Crippen LogP contribution is -2.35. The molecule has 3 aromatic rings. The van der Waals surface area contributed by atoms with Gasteiger partial charge in [0.05, 0.1) is 5.69 Å². The average molecular weight is 389 g/mol. The third kappa shape index (κ3) is 2.19. The normalized spacial score (nSPS) is 20.5. The summed E-state index contributed by atoms with van der Waals surface area (Å²) in [6.07, 6.45) is 0. The van der Waals surface area contributed by atoms with Gasteiger partial charge in [-0.05, 0) is 29.8 Å². The van der Waals surface area contributed by atoms with Crippen molar-refractivity contribution in [2.24, 2.45) is 0 Å². The Bertz CT molecular complexity index is 1190. The van der Waals surface area contributed by atoms with E-state index in [2.05, 4.69) is 5.32 Å². The molecular weight excluding hydrogens is 374 g/mol. The molecule has 0 aromatic heterocycles. The summed E-state index contributed by atoms with van der Waals surface area (Å²) >= 11 is 0. The number of para-hydroxylation sites is 1. The van der Waals surface area contributed by atoms with Crippen LogP contribution in [0, 0.1) is 0 Å². The van der Waals surface area contributed by atoms with E-state index in [1.807, 2.05) is 30.3 Å². The maximum Gasteiger partial charge on any atom is 0.265 e. The van der Waals surface area contributed by atoms with Gasteiger partial charge >= 0.3 is 0 Å². The van der Waals surface area contributed by atoms with E-state index in [-0.39, 0.29) is 13.6 Å². The maximum atomic E-state index is 12.9. The van der Waals surface area contributed by atoms with Crippen molar-refractivity contribution in [1.29, 1.82) is 0 Å². The molecule has 0 radical (unpaired) electrons. The molecule has 3 aliphatic heterocycles. The number of fused-ring (bicyclic) bond motifs is 3. The minimum atomic E-state index is -1.83. The number of hydrogen-bond acceptors (Lipinski definition) is 6. The van der Waals surface area contributed by atoms with Crippen LogP contribution in [0.25, 0.3) is 11.1 Å². The van der Waals surface area contributed by atoms with Crippen molar-refractivity contribution in [2.45, 2.75) is 5.60 Å². The number of amides is 1. The Hall–Kier alpha value is -3.71. The number of rotatable bonds is 2. The molecule has 0 saturated heterocycles. The van der Waals surface area contributed by atoms with Crippen LogP contribution in [0.15, 0.2) is 54.6 Å². The number of hydrogen-bond donors (Lipinski definition) is 2. The Morgan fingerprint density at radius 3 is 2.31 bits per heavy atom. The lowest BCUT2D eigenvalue weighted by atomic mass is 9.86. The van der Waals surface area contributed by atoms with E-state index in [0.29, 0.717) is 39.8 Å². The van der Waals surface area contributed by atoms with E-state index in [1.165, 1.54) is 0 Å². The fraction of sp³-hybridized carbons (Fsp3) is 0.136. The van der Waals surface area contributed by atoms with Crippen LogP contribution in [-0.4, -0.2) is 24.6 Å². The number of nitrogens with one attached hydrogen (secondary N) is 1. The van der Waals surface area contributed by atoms with Gasteiger partial charge in [-0.2, -0.15) is 0 Å². The topological polar surface area (TPSA) is 86.3 Å².